The van der Waals surface area contributed by atoms with Crippen LogP contribution in [-0.4, -0.2) is 30.2 Å². The van der Waals surface area contributed by atoms with Crippen LogP contribution in [0.3, 0.4) is 0 Å². The minimum absolute atomic E-state index is 0.0111. The molecule has 1 unspecified atom stereocenters. The van der Waals surface area contributed by atoms with E-state index in [0.717, 1.165) is 12.4 Å². The van der Waals surface area contributed by atoms with Crippen LogP contribution in [0.2, 0.25) is 0 Å². The fourth-order valence-electron chi connectivity index (χ4n) is 2.78. The van der Waals surface area contributed by atoms with Gasteiger partial charge in [0.15, 0.2) is 0 Å². The summed E-state index contributed by atoms with van der Waals surface area (Å²) in [6.07, 6.45) is 2.03. The third-order valence-electron chi connectivity index (χ3n) is 3.96. The molecule has 108 valence electrons. The molecule has 1 aliphatic heterocycles. The Morgan fingerprint density at radius 1 is 1.35 bits per heavy atom. The lowest BCUT2D eigenvalue weighted by atomic mass is 9.80. The van der Waals surface area contributed by atoms with Crippen LogP contribution in [0.15, 0.2) is 18.2 Å². The van der Waals surface area contributed by atoms with Gasteiger partial charge in [-0.25, -0.2) is 8.78 Å². The average Bonchev–Trinajstić information content (AvgIpc) is 2.42. The molecule has 1 heterocycles. The molecule has 0 saturated carbocycles. The number of benzene rings is 1. The van der Waals surface area contributed by atoms with E-state index in [-0.39, 0.29) is 17.4 Å². The molecule has 1 saturated heterocycles. The van der Waals surface area contributed by atoms with Gasteiger partial charge in [0, 0.05) is 32.0 Å². The van der Waals surface area contributed by atoms with Crippen molar-refractivity contribution >= 4 is 12.2 Å². The Hall–Kier alpha value is -1.78. The molecule has 5 heteroatoms. The molecule has 0 radical (unpaired) electrons. The third-order valence-corrected chi connectivity index (χ3v) is 3.96. The number of carbonyl (C=O) groups excluding carboxylic acids is 2. The Morgan fingerprint density at radius 3 is 2.50 bits per heavy atom. The molecule has 0 bridgehead atoms. The Kier molecular flexibility index (Phi) is 4.47. The highest BCUT2D eigenvalue weighted by molar-refractivity contribution is 5.73. The zero-order valence-corrected chi connectivity index (χ0v) is 11.3. The van der Waals surface area contributed by atoms with E-state index in [9.17, 15) is 18.4 Å². The molecule has 1 aromatic rings. The van der Waals surface area contributed by atoms with E-state index < -0.39 is 17.6 Å². The van der Waals surface area contributed by atoms with E-state index in [1.54, 1.807) is 4.90 Å². The van der Waals surface area contributed by atoms with Crippen molar-refractivity contribution in [3.63, 3.8) is 0 Å². The van der Waals surface area contributed by atoms with E-state index in [4.69, 9.17) is 0 Å². The number of halogens is 2. The fourth-order valence-corrected chi connectivity index (χ4v) is 2.78. The normalized spacial score (nSPS) is 17.9. The van der Waals surface area contributed by atoms with E-state index in [1.165, 1.54) is 19.1 Å². The predicted octanol–water partition coefficient (Wildman–Crippen LogP) is 2.51. The van der Waals surface area contributed by atoms with Gasteiger partial charge in [0.05, 0.1) is 0 Å². The number of hydrogen-bond acceptors (Lipinski definition) is 2. The highest BCUT2D eigenvalue weighted by atomic mass is 19.1. The second kappa shape index (κ2) is 6.11. The van der Waals surface area contributed by atoms with Crippen LogP contribution in [0.1, 0.15) is 31.2 Å². The van der Waals surface area contributed by atoms with Crippen LogP contribution in [0.25, 0.3) is 0 Å². The van der Waals surface area contributed by atoms with Crippen LogP contribution >= 0.6 is 0 Å². The molecule has 1 atom stereocenters. The lowest BCUT2D eigenvalue weighted by molar-refractivity contribution is -0.130. The fraction of sp³-hybridized carbons (Fsp3) is 0.467. The molecule has 1 aromatic carbocycles. The molecule has 2 rings (SSSR count). The average molecular weight is 281 g/mol. The van der Waals surface area contributed by atoms with Gasteiger partial charge in [0.1, 0.15) is 17.9 Å². The van der Waals surface area contributed by atoms with Crippen molar-refractivity contribution in [3.8, 4) is 0 Å². The Labute approximate surface area is 116 Å². The third kappa shape index (κ3) is 3.03. The van der Waals surface area contributed by atoms with E-state index in [2.05, 4.69) is 0 Å². The summed E-state index contributed by atoms with van der Waals surface area (Å²) >= 11 is 0. The number of hydrogen-bond donors (Lipinski definition) is 0. The maximum absolute atomic E-state index is 13.8. The van der Waals surface area contributed by atoms with Crippen LogP contribution in [0.5, 0.6) is 0 Å². The molecule has 0 aromatic heterocycles. The summed E-state index contributed by atoms with van der Waals surface area (Å²) in [4.78, 5) is 24.3. The molecule has 1 aliphatic rings. The van der Waals surface area contributed by atoms with Gasteiger partial charge in [-0.15, -0.1) is 0 Å². The van der Waals surface area contributed by atoms with Crippen molar-refractivity contribution in [3.05, 3.63) is 35.4 Å². The number of piperidine rings is 1. The van der Waals surface area contributed by atoms with Crippen molar-refractivity contribution in [1.29, 1.82) is 0 Å². The lowest BCUT2D eigenvalue weighted by Gasteiger charge is -2.34. The number of carbonyl (C=O) groups is 2. The van der Waals surface area contributed by atoms with Crippen molar-refractivity contribution in [2.45, 2.75) is 25.7 Å². The first-order chi connectivity index (χ1) is 9.52. The van der Waals surface area contributed by atoms with Gasteiger partial charge < -0.3 is 9.69 Å². The summed E-state index contributed by atoms with van der Waals surface area (Å²) in [5.74, 6) is -1.91. The molecular formula is C15H17F2NO2. The van der Waals surface area contributed by atoms with Crippen molar-refractivity contribution in [2.75, 3.05) is 13.1 Å². The molecule has 1 amide bonds. The summed E-state index contributed by atoms with van der Waals surface area (Å²) < 4.78 is 26.7. The number of nitrogens with zero attached hydrogens (tertiary/aromatic N) is 1. The largest absolute Gasteiger partial charge is 0.343 e. The predicted molar refractivity (Wildman–Crippen MR) is 70.1 cm³/mol. The smallest absolute Gasteiger partial charge is 0.219 e. The second-order valence-corrected chi connectivity index (χ2v) is 5.17. The highest BCUT2D eigenvalue weighted by Crippen LogP contribution is 2.32. The van der Waals surface area contributed by atoms with E-state index in [0.29, 0.717) is 25.9 Å². The molecular weight excluding hydrogens is 264 g/mol. The summed E-state index contributed by atoms with van der Waals surface area (Å²) in [5.41, 5.74) is 0.239. The zero-order valence-electron chi connectivity index (χ0n) is 11.3. The first-order valence-electron chi connectivity index (χ1n) is 6.68. The first kappa shape index (κ1) is 14.6. The van der Waals surface area contributed by atoms with E-state index in [1.807, 2.05) is 0 Å². The quantitative estimate of drug-likeness (QED) is 0.798. The molecule has 1 fully saturated rings. The molecule has 0 aliphatic carbocycles. The first-order valence-corrected chi connectivity index (χ1v) is 6.68. The van der Waals surface area contributed by atoms with Gasteiger partial charge in [0.25, 0.3) is 0 Å². The van der Waals surface area contributed by atoms with Gasteiger partial charge in [0.2, 0.25) is 5.91 Å². The Bertz CT molecular complexity index is 511. The topological polar surface area (TPSA) is 37.4 Å². The number of likely N-dealkylation sites (tertiary alicyclic amines) is 1. The number of rotatable bonds is 3. The second-order valence-electron chi connectivity index (χ2n) is 5.17. The monoisotopic (exact) mass is 281 g/mol. The van der Waals surface area contributed by atoms with Gasteiger partial charge in [-0.3, -0.25) is 4.79 Å². The minimum atomic E-state index is -0.684. The SMILES string of the molecule is CC(=O)N1CCC(C(C=O)c2ccc(F)cc2F)CC1. The summed E-state index contributed by atoms with van der Waals surface area (Å²) in [6.45, 7) is 2.66. The van der Waals surface area contributed by atoms with Gasteiger partial charge in [-0.05, 0) is 30.4 Å². The maximum atomic E-state index is 13.8. The Balaban J connectivity index is 2.13. The van der Waals surface area contributed by atoms with Crippen LogP contribution < -0.4 is 0 Å². The number of amides is 1. The van der Waals surface area contributed by atoms with Crippen molar-refractivity contribution < 1.29 is 18.4 Å². The van der Waals surface area contributed by atoms with Gasteiger partial charge in [-0.2, -0.15) is 0 Å². The van der Waals surface area contributed by atoms with E-state index >= 15 is 0 Å². The minimum Gasteiger partial charge on any atom is -0.343 e. The van der Waals surface area contributed by atoms with Crippen LogP contribution in [0.4, 0.5) is 8.78 Å². The van der Waals surface area contributed by atoms with Crippen molar-refractivity contribution in [1.82, 2.24) is 4.90 Å². The molecule has 3 nitrogen and oxygen atoms in total. The lowest BCUT2D eigenvalue weighted by Crippen LogP contribution is -2.38. The maximum Gasteiger partial charge on any atom is 0.219 e. The molecule has 0 N–H and O–H groups in total. The standard InChI is InChI=1S/C15H17F2NO2/c1-10(20)18-6-4-11(5-7-18)14(9-19)13-3-2-12(16)8-15(13)17/h2-3,8-9,11,14H,4-7H2,1H3. The highest BCUT2D eigenvalue weighted by Gasteiger charge is 2.29. The van der Waals surface area contributed by atoms with Gasteiger partial charge >= 0.3 is 0 Å². The van der Waals surface area contributed by atoms with Gasteiger partial charge in [-0.1, -0.05) is 6.07 Å². The Morgan fingerprint density at radius 2 is 2.00 bits per heavy atom. The van der Waals surface area contributed by atoms with Crippen LogP contribution in [-0.2, 0) is 9.59 Å². The zero-order chi connectivity index (χ0) is 14.7. The summed E-state index contributed by atoms with van der Waals surface area (Å²) in [6, 6.07) is 3.30. The molecule has 0 spiro atoms. The van der Waals surface area contributed by atoms with Crippen molar-refractivity contribution in [2.24, 2.45) is 5.92 Å². The van der Waals surface area contributed by atoms with Crippen LogP contribution in [0, 0.1) is 17.6 Å². The number of aldehydes is 1. The summed E-state index contributed by atoms with van der Waals surface area (Å²) in [5, 5.41) is 0. The molecule has 20 heavy (non-hydrogen) atoms. The summed E-state index contributed by atoms with van der Waals surface area (Å²) in [7, 11) is 0.